The van der Waals surface area contributed by atoms with Crippen LogP contribution in [-0.2, 0) is 4.79 Å². The first-order chi connectivity index (χ1) is 9.08. The summed E-state index contributed by atoms with van der Waals surface area (Å²) in [7, 11) is 0. The lowest BCUT2D eigenvalue weighted by molar-refractivity contribution is -0.137. The van der Waals surface area contributed by atoms with Gasteiger partial charge in [-0.3, -0.25) is 4.79 Å². The average Bonchev–Trinajstić information content (AvgIpc) is 2.39. The van der Waals surface area contributed by atoms with Crippen LogP contribution in [0.1, 0.15) is 23.6 Å². The van der Waals surface area contributed by atoms with E-state index in [0.717, 1.165) is 11.1 Å². The van der Waals surface area contributed by atoms with Crippen LogP contribution in [-0.4, -0.2) is 21.0 Å². The van der Waals surface area contributed by atoms with E-state index in [4.69, 9.17) is 10.8 Å². The number of carboxylic acids is 1. The molecule has 0 saturated carbocycles. The van der Waals surface area contributed by atoms with Crippen molar-refractivity contribution in [3.8, 4) is 11.4 Å². The van der Waals surface area contributed by atoms with E-state index >= 15 is 0 Å². The van der Waals surface area contributed by atoms with Gasteiger partial charge in [0.05, 0.1) is 6.42 Å². The molecule has 1 atom stereocenters. The van der Waals surface area contributed by atoms with Crippen molar-refractivity contribution >= 4 is 5.97 Å². The normalized spacial score (nSPS) is 12.1. The molecule has 5 nitrogen and oxygen atoms in total. The molecule has 0 bridgehead atoms. The third-order valence-electron chi connectivity index (χ3n) is 2.88. The molecule has 0 spiro atoms. The number of nitrogens with zero attached hydrogens (tertiary/aromatic N) is 2. The molecular weight excluding hydrogens is 242 g/mol. The minimum atomic E-state index is -0.935. The maximum Gasteiger partial charge on any atom is 0.305 e. The number of aryl methyl sites for hydroxylation is 1. The van der Waals surface area contributed by atoms with E-state index in [1.54, 1.807) is 12.4 Å². The molecule has 0 aliphatic carbocycles. The Morgan fingerprint density at radius 3 is 2.53 bits per heavy atom. The van der Waals surface area contributed by atoms with E-state index in [1.807, 2.05) is 31.2 Å². The molecule has 3 N–H and O–H groups in total. The predicted octanol–water partition coefficient (Wildman–Crippen LogP) is 1.93. The van der Waals surface area contributed by atoms with Crippen molar-refractivity contribution < 1.29 is 9.90 Å². The smallest absolute Gasteiger partial charge is 0.305 e. The Kier molecular flexibility index (Phi) is 3.87. The zero-order chi connectivity index (χ0) is 13.8. The summed E-state index contributed by atoms with van der Waals surface area (Å²) in [6.07, 6.45) is 3.04. The van der Waals surface area contributed by atoms with Crippen LogP contribution in [0.5, 0.6) is 0 Å². The van der Waals surface area contributed by atoms with Gasteiger partial charge in [0.25, 0.3) is 0 Å². The summed E-state index contributed by atoms with van der Waals surface area (Å²) in [5.41, 5.74) is 8.43. The molecule has 0 aliphatic rings. The van der Waals surface area contributed by atoms with Crippen LogP contribution < -0.4 is 5.73 Å². The quantitative estimate of drug-likeness (QED) is 0.873. The topological polar surface area (TPSA) is 89.1 Å². The molecule has 1 aromatic heterocycles. The highest BCUT2D eigenvalue weighted by Gasteiger charge is 2.12. The van der Waals surface area contributed by atoms with E-state index in [1.165, 1.54) is 0 Å². The molecule has 2 aromatic rings. The van der Waals surface area contributed by atoms with E-state index < -0.39 is 12.0 Å². The van der Waals surface area contributed by atoms with Gasteiger partial charge in [-0.2, -0.15) is 0 Å². The van der Waals surface area contributed by atoms with Crippen molar-refractivity contribution in [2.45, 2.75) is 19.4 Å². The maximum absolute atomic E-state index is 10.6. The summed E-state index contributed by atoms with van der Waals surface area (Å²) < 4.78 is 0. The summed E-state index contributed by atoms with van der Waals surface area (Å²) in [5, 5.41) is 8.69. The molecule has 5 heteroatoms. The van der Waals surface area contributed by atoms with E-state index in [2.05, 4.69) is 9.97 Å². The van der Waals surface area contributed by atoms with Crippen molar-refractivity contribution in [3.05, 3.63) is 47.8 Å². The van der Waals surface area contributed by atoms with Crippen LogP contribution in [0.25, 0.3) is 11.4 Å². The van der Waals surface area contributed by atoms with Gasteiger partial charge in [0.2, 0.25) is 0 Å². The standard InChI is InChI=1S/C14H15N3O2/c1-9-4-2-3-5-11(9)14-16-7-10(8-17-14)12(15)6-13(18)19/h2-5,7-8,12H,6,15H2,1H3,(H,18,19)/t12-/m1/s1. The van der Waals surface area contributed by atoms with Crippen LogP contribution in [0, 0.1) is 6.92 Å². The fourth-order valence-electron chi connectivity index (χ4n) is 1.80. The highest BCUT2D eigenvalue weighted by molar-refractivity contribution is 5.67. The molecule has 0 unspecified atom stereocenters. The second kappa shape index (κ2) is 5.58. The number of carboxylic acid groups (broad SMARTS) is 1. The monoisotopic (exact) mass is 257 g/mol. The van der Waals surface area contributed by atoms with Gasteiger partial charge in [-0.25, -0.2) is 9.97 Å². The second-order valence-corrected chi connectivity index (χ2v) is 4.36. The Morgan fingerprint density at radius 1 is 1.32 bits per heavy atom. The van der Waals surface area contributed by atoms with Crippen LogP contribution in [0.15, 0.2) is 36.7 Å². The van der Waals surface area contributed by atoms with Gasteiger partial charge in [0, 0.05) is 29.6 Å². The summed E-state index contributed by atoms with van der Waals surface area (Å²) in [5.74, 6) is -0.320. The lowest BCUT2D eigenvalue weighted by atomic mass is 10.1. The molecule has 0 saturated heterocycles. The first-order valence-electron chi connectivity index (χ1n) is 5.93. The number of aliphatic carboxylic acids is 1. The van der Waals surface area contributed by atoms with Gasteiger partial charge in [0.15, 0.2) is 5.82 Å². The van der Waals surface area contributed by atoms with E-state index in [-0.39, 0.29) is 6.42 Å². The molecule has 0 aliphatic heterocycles. The van der Waals surface area contributed by atoms with Crippen LogP contribution in [0.2, 0.25) is 0 Å². The van der Waals surface area contributed by atoms with E-state index in [9.17, 15) is 4.79 Å². The lowest BCUT2D eigenvalue weighted by Crippen LogP contribution is -2.15. The molecule has 1 heterocycles. The minimum Gasteiger partial charge on any atom is -0.481 e. The number of rotatable bonds is 4. The Hall–Kier alpha value is -2.27. The van der Waals surface area contributed by atoms with Gasteiger partial charge < -0.3 is 10.8 Å². The number of hydrogen-bond acceptors (Lipinski definition) is 4. The van der Waals surface area contributed by atoms with Crippen LogP contribution in [0.4, 0.5) is 0 Å². The number of hydrogen-bond donors (Lipinski definition) is 2. The van der Waals surface area contributed by atoms with Crippen molar-refractivity contribution in [2.75, 3.05) is 0 Å². The zero-order valence-electron chi connectivity index (χ0n) is 10.6. The second-order valence-electron chi connectivity index (χ2n) is 4.36. The first kappa shape index (κ1) is 13.2. The Bertz CT molecular complexity index is 581. The average molecular weight is 257 g/mol. The Balaban J connectivity index is 2.24. The number of carbonyl (C=O) groups is 1. The fourth-order valence-corrected chi connectivity index (χ4v) is 1.80. The summed E-state index contributed by atoms with van der Waals surface area (Å²) in [4.78, 5) is 19.1. The zero-order valence-corrected chi connectivity index (χ0v) is 10.6. The predicted molar refractivity (Wildman–Crippen MR) is 71.4 cm³/mol. The fraction of sp³-hybridized carbons (Fsp3) is 0.214. The number of aromatic nitrogens is 2. The molecule has 98 valence electrons. The van der Waals surface area contributed by atoms with Crippen molar-refractivity contribution in [2.24, 2.45) is 5.73 Å². The molecule has 2 rings (SSSR count). The highest BCUT2D eigenvalue weighted by atomic mass is 16.4. The highest BCUT2D eigenvalue weighted by Crippen LogP contribution is 2.20. The molecule has 1 aromatic carbocycles. The van der Waals surface area contributed by atoms with Crippen LogP contribution >= 0.6 is 0 Å². The van der Waals surface area contributed by atoms with Crippen molar-refractivity contribution in [3.63, 3.8) is 0 Å². The molecule has 0 radical (unpaired) electrons. The number of nitrogens with two attached hydrogens (primary N) is 1. The SMILES string of the molecule is Cc1ccccc1-c1ncc([C@H](N)CC(=O)O)cn1. The lowest BCUT2D eigenvalue weighted by Gasteiger charge is -2.09. The van der Waals surface area contributed by atoms with Gasteiger partial charge in [0.1, 0.15) is 0 Å². The summed E-state index contributed by atoms with van der Waals surface area (Å²) >= 11 is 0. The van der Waals surface area contributed by atoms with Gasteiger partial charge in [-0.15, -0.1) is 0 Å². The van der Waals surface area contributed by atoms with Crippen LogP contribution in [0.3, 0.4) is 0 Å². The number of benzene rings is 1. The van der Waals surface area contributed by atoms with Crippen molar-refractivity contribution in [1.29, 1.82) is 0 Å². The van der Waals surface area contributed by atoms with E-state index in [0.29, 0.717) is 11.4 Å². The van der Waals surface area contributed by atoms with Gasteiger partial charge in [-0.05, 0) is 12.5 Å². The van der Waals surface area contributed by atoms with Gasteiger partial charge >= 0.3 is 5.97 Å². The molecule has 0 amide bonds. The largest absolute Gasteiger partial charge is 0.481 e. The first-order valence-corrected chi connectivity index (χ1v) is 5.93. The summed E-state index contributed by atoms with van der Waals surface area (Å²) in [6.45, 7) is 1.99. The summed E-state index contributed by atoms with van der Waals surface area (Å²) in [6, 6.07) is 7.24. The van der Waals surface area contributed by atoms with Gasteiger partial charge in [-0.1, -0.05) is 24.3 Å². The third-order valence-corrected chi connectivity index (χ3v) is 2.88. The minimum absolute atomic E-state index is 0.132. The Labute approximate surface area is 111 Å². The molecular formula is C14H15N3O2. The third kappa shape index (κ3) is 3.14. The molecule has 19 heavy (non-hydrogen) atoms. The maximum atomic E-state index is 10.6. The molecule has 0 fully saturated rings. The Morgan fingerprint density at radius 2 is 1.95 bits per heavy atom. The van der Waals surface area contributed by atoms with Crippen molar-refractivity contribution in [1.82, 2.24) is 9.97 Å².